The zero-order chi connectivity index (χ0) is 10.3. The van der Waals surface area contributed by atoms with Crippen LogP contribution in [0.25, 0.3) is 0 Å². The average Bonchev–Trinajstić information content (AvgIpc) is 2.10. The fourth-order valence-electron chi connectivity index (χ4n) is 0.675. The van der Waals surface area contributed by atoms with Crippen molar-refractivity contribution in [3.8, 4) is 0 Å². The molecule has 5 nitrogen and oxygen atoms in total. The zero-order valence-electron chi connectivity index (χ0n) is 7.99. The van der Waals surface area contributed by atoms with Gasteiger partial charge in [0, 0.05) is 13.0 Å². The van der Waals surface area contributed by atoms with E-state index >= 15 is 0 Å². The number of carbonyl (C=O) groups is 2. The molecule has 0 saturated carbocycles. The molecule has 0 aliphatic rings. The third kappa shape index (κ3) is 7.27. The molecule has 0 bridgehead atoms. The monoisotopic (exact) mass is 188 g/mol. The third-order valence-electron chi connectivity index (χ3n) is 1.40. The van der Waals surface area contributed by atoms with Gasteiger partial charge in [-0.1, -0.05) is 13.8 Å². The van der Waals surface area contributed by atoms with Gasteiger partial charge in [0.15, 0.2) is 0 Å². The van der Waals surface area contributed by atoms with E-state index in [1.807, 2.05) is 13.8 Å². The fourth-order valence-corrected chi connectivity index (χ4v) is 0.675. The smallest absolute Gasteiger partial charge is 0.233 e. The van der Waals surface area contributed by atoms with Crippen LogP contribution in [0.1, 0.15) is 20.3 Å². The van der Waals surface area contributed by atoms with E-state index in [-0.39, 0.29) is 25.3 Å². The lowest BCUT2D eigenvalue weighted by atomic mass is 10.2. The summed E-state index contributed by atoms with van der Waals surface area (Å²) in [6.45, 7) is 4.63. The number of nitrogens with one attached hydrogen (secondary N) is 1. The first-order valence-electron chi connectivity index (χ1n) is 4.23. The quantitative estimate of drug-likeness (QED) is 0.350. The number of nitrogens with zero attached hydrogens (tertiary/aromatic N) is 1. The average molecular weight is 188 g/mol. The highest BCUT2D eigenvalue weighted by molar-refractivity contribution is 5.76. The highest BCUT2D eigenvalue weighted by Gasteiger charge is 2.04. The fraction of sp³-hybridized carbons (Fsp3) is 0.750. The maximum atomic E-state index is 11.0. The minimum absolute atomic E-state index is 0.0351. The van der Waals surface area contributed by atoms with Crippen LogP contribution in [0, 0.1) is 5.92 Å². The van der Waals surface area contributed by atoms with E-state index in [2.05, 4.69) is 5.32 Å². The Hall–Kier alpha value is -1.10. The van der Waals surface area contributed by atoms with Gasteiger partial charge in [0.05, 0.1) is 6.54 Å². The van der Waals surface area contributed by atoms with E-state index in [1.54, 1.807) is 0 Å². The van der Waals surface area contributed by atoms with E-state index in [0.717, 1.165) is 0 Å². The molecule has 76 valence electrons. The summed E-state index contributed by atoms with van der Waals surface area (Å²) in [5.74, 6) is 0.245. The van der Waals surface area contributed by atoms with Crippen LogP contribution in [0.5, 0.6) is 0 Å². The molecule has 0 rings (SSSR count). The minimum atomic E-state index is -0.158. The Morgan fingerprint density at radius 3 is 2.69 bits per heavy atom. The molecule has 0 fully saturated rings. The van der Waals surface area contributed by atoms with Crippen molar-refractivity contribution in [2.75, 3.05) is 13.1 Å². The van der Waals surface area contributed by atoms with E-state index < -0.39 is 0 Å². The van der Waals surface area contributed by atoms with Gasteiger partial charge in [-0.2, -0.15) is 0 Å². The molecular formula is C8H16N2O3. The van der Waals surface area contributed by atoms with Gasteiger partial charge >= 0.3 is 0 Å². The second-order valence-corrected chi connectivity index (χ2v) is 3.22. The first-order chi connectivity index (χ1) is 6.06. The first-order valence-corrected chi connectivity index (χ1v) is 4.23. The van der Waals surface area contributed by atoms with E-state index in [9.17, 15) is 9.59 Å². The van der Waals surface area contributed by atoms with Crippen LogP contribution in [0.15, 0.2) is 0 Å². The number of carbonyl (C=O) groups excluding carboxylic acids is 2. The number of rotatable bonds is 6. The maximum Gasteiger partial charge on any atom is 0.233 e. The lowest BCUT2D eigenvalue weighted by Crippen LogP contribution is -2.30. The van der Waals surface area contributed by atoms with Crippen LogP contribution in [-0.2, 0) is 9.59 Å². The van der Waals surface area contributed by atoms with E-state index in [4.69, 9.17) is 5.21 Å². The molecule has 0 aromatic carbocycles. The van der Waals surface area contributed by atoms with Crippen molar-refractivity contribution in [1.82, 2.24) is 10.4 Å². The summed E-state index contributed by atoms with van der Waals surface area (Å²) >= 11 is 0. The summed E-state index contributed by atoms with van der Waals surface area (Å²) in [7, 11) is 0. The van der Waals surface area contributed by atoms with Crippen molar-refractivity contribution >= 4 is 12.3 Å². The van der Waals surface area contributed by atoms with E-state index in [0.29, 0.717) is 17.5 Å². The molecule has 0 aliphatic heterocycles. The maximum absolute atomic E-state index is 11.0. The molecule has 0 unspecified atom stereocenters. The Kier molecular flexibility index (Phi) is 5.88. The van der Waals surface area contributed by atoms with Crippen LogP contribution in [0.2, 0.25) is 0 Å². The molecule has 2 N–H and O–H groups in total. The van der Waals surface area contributed by atoms with Crippen molar-refractivity contribution in [2.45, 2.75) is 20.3 Å². The first kappa shape index (κ1) is 11.9. The van der Waals surface area contributed by atoms with Gasteiger partial charge in [0.2, 0.25) is 12.3 Å². The Labute approximate surface area is 77.7 Å². The van der Waals surface area contributed by atoms with Crippen LogP contribution >= 0.6 is 0 Å². The lowest BCUT2D eigenvalue weighted by Gasteiger charge is -2.09. The Morgan fingerprint density at radius 2 is 2.23 bits per heavy atom. The number of amides is 2. The van der Waals surface area contributed by atoms with Gasteiger partial charge in [-0.3, -0.25) is 14.8 Å². The van der Waals surface area contributed by atoms with Crippen molar-refractivity contribution < 1.29 is 14.8 Å². The molecule has 0 aromatic heterocycles. The standard InChI is InChI=1S/C8H16N2O3/c1-7(2)5-9-8(12)3-4-10(13)6-11/h6-7,13H,3-5H2,1-2H3,(H,9,12). The largest absolute Gasteiger partial charge is 0.356 e. The number of hydrogen-bond acceptors (Lipinski definition) is 3. The number of hydroxylamine groups is 2. The molecule has 0 heterocycles. The molecule has 0 saturated heterocycles. The summed E-state index contributed by atoms with van der Waals surface area (Å²) in [6, 6.07) is 0. The predicted molar refractivity (Wildman–Crippen MR) is 47.0 cm³/mol. The molecular weight excluding hydrogens is 172 g/mol. The van der Waals surface area contributed by atoms with Gasteiger partial charge in [0.25, 0.3) is 0 Å². The molecule has 0 atom stereocenters. The van der Waals surface area contributed by atoms with Gasteiger partial charge in [0.1, 0.15) is 0 Å². The van der Waals surface area contributed by atoms with Gasteiger partial charge in [-0.25, -0.2) is 5.06 Å². The van der Waals surface area contributed by atoms with Crippen LogP contribution < -0.4 is 5.32 Å². The van der Waals surface area contributed by atoms with Gasteiger partial charge in [-0.15, -0.1) is 0 Å². The molecule has 13 heavy (non-hydrogen) atoms. The van der Waals surface area contributed by atoms with Crippen molar-refractivity contribution in [2.24, 2.45) is 5.92 Å². The topological polar surface area (TPSA) is 69.6 Å². The lowest BCUT2D eigenvalue weighted by molar-refractivity contribution is -0.150. The zero-order valence-corrected chi connectivity index (χ0v) is 7.99. The predicted octanol–water partition coefficient (Wildman–Crippen LogP) is -0.00370. The van der Waals surface area contributed by atoms with Gasteiger partial charge < -0.3 is 5.32 Å². The Bertz CT molecular complexity index is 171. The Morgan fingerprint density at radius 1 is 1.62 bits per heavy atom. The van der Waals surface area contributed by atoms with Crippen LogP contribution in [0.4, 0.5) is 0 Å². The summed E-state index contributed by atoms with van der Waals surface area (Å²) in [5.41, 5.74) is 0. The molecule has 0 aromatic rings. The summed E-state index contributed by atoms with van der Waals surface area (Å²) < 4.78 is 0. The molecule has 0 aliphatic carbocycles. The Balaban J connectivity index is 3.46. The molecule has 2 amide bonds. The highest BCUT2D eigenvalue weighted by atomic mass is 16.5. The second kappa shape index (κ2) is 6.42. The highest BCUT2D eigenvalue weighted by Crippen LogP contribution is 1.89. The minimum Gasteiger partial charge on any atom is -0.356 e. The van der Waals surface area contributed by atoms with Crippen molar-refractivity contribution in [3.63, 3.8) is 0 Å². The van der Waals surface area contributed by atoms with Crippen molar-refractivity contribution in [3.05, 3.63) is 0 Å². The summed E-state index contributed by atoms with van der Waals surface area (Å²) in [5, 5.41) is 11.8. The normalized spacial score (nSPS) is 9.85. The summed E-state index contributed by atoms with van der Waals surface area (Å²) in [4.78, 5) is 20.9. The van der Waals surface area contributed by atoms with Crippen molar-refractivity contribution in [1.29, 1.82) is 0 Å². The third-order valence-corrected chi connectivity index (χ3v) is 1.40. The van der Waals surface area contributed by atoms with Gasteiger partial charge in [-0.05, 0) is 5.92 Å². The molecule has 0 spiro atoms. The SMILES string of the molecule is CC(C)CNC(=O)CCN(O)C=O. The second-order valence-electron chi connectivity index (χ2n) is 3.22. The van der Waals surface area contributed by atoms with E-state index in [1.165, 1.54) is 0 Å². The van der Waals surface area contributed by atoms with Crippen LogP contribution in [-0.4, -0.2) is 35.7 Å². The summed E-state index contributed by atoms with van der Waals surface area (Å²) in [6.07, 6.45) is 0.400. The number of hydrogen-bond donors (Lipinski definition) is 2. The molecule has 0 radical (unpaired) electrons. The van der Waals surface area contributed by atoms with Crippen LogP contribution in [0.3, 0.4) is 0 Å². The molecule has 5 heteroatoms.